The summed E-state index contributed by atoms with van der Waals surface area (Å²) < 4.78 is 5.65. The average molecular weight is 485 g/mol. The van der Waals surface area contributed by atoms with Gasteiger partial charge in [-0.2, -0.15) is 0 Å². The highest BCUT2D eigenvalue weighted by molar-refractivity contribution is 6.23. The third-order valence-electron chi connectivity index (χ3n) is 6.81. The number of anilines is 2. The molecule has 2 fully saturated rings. The molecule has 0 radical (unpaired) electrons. The maximum atomic E-state index is 13.8. The third kappa shape index (κ3) is 4.26. The number of para-hydroxylation sites is 1. The molecular weight excluding hydrogens is 452 g/mol. The molecule has 36 heavy (non-hydrogen) atoms. The Labute approximate surface area is 212 Å². The van der Waals surface area contributed by atoms with E-state index >= 15 is 0 Å². The molecule has 3 aromatic rings. The van der Waals surface area contributed by atoms with Crippen molar-refractivity contribution in [2.24, 2.45) is 5.92 Å². The first-order valence-corrected chi connectivity index (χ1v) is 12.5. The lowest BCUT2D eigenvalue weighted by Gasteiger charge is -2.29. The van der Waals surface area contributed by atoms with Gasteiger partial charge in [-0.15, -0.1) is 0 Å². The Morgan fingerprint density at radius 1 is 0.833 bits per heavy atom. The molecule has 2 saturated heterocycles. The summed E-state index contributed by atoms with van der Waals surface area (Å²) in [6.45, 7) is 9.16. The molecule has 0 bridgehead atoms. The van der Waals surface area contributed by atoms with Crippen molar-refractivity contribution >= 4 is 23.2 Å². The van der Waals surface area contributed by atoms with E-state index < -0.39 is 18.1 Å². The molecule has 6 nitrogen and oxygen atoms in total. The smallest absolute Gasteiger partial charge is 0.266 e. The lowest BCUT2D eigenvalue weighted by molar-refractivity contribution is -0.126. The number of nitrogens with zero attached hydrogens (tertiary/aromatic N) is 2. The molecule has 0 saturated carbocycles. The number of ether oxygens (including phenoxy) is 1. The second kappa shape index (κ2) is 9.43. The van der Waals surface area contributed by atoms with Crippen LogP contribution in [0.2, 0.25) is 0 Å². The standard InChI is InChI=1S/C30H32N2O4/c1-5-19-35-24-17-15-22(16-18-24)31-28(33)25-26(20-11-13-21(14-12-20)30(2,3)4)32(36-27(25)29(31)34)23-9-7-6-8-10-23/h6-18,25-27H,5,19H2,1-4H3/t25-,26-,27-/m0/s1. The summed E-state index contributed by atoms with van der Waals surface area (Å²) in [5, 5.41) is 1.73. The van der Waals surface area contributed by atoms with Crippen molar-refractivity contribution < 1.29 is 19.2 Å². The zero-order valence-corrected chi connectivity index (χ0v) is 21.2. The predicted molar refractivity (Wildman–Crippen MR) is 140 cm³/mol. The molecule has 2 heterocycles. The molecule has 2 aliphatic rings. The van der Waals surface area contributed by atoms with Crippen LogP contribution in [0.15, 0.2) is 78.9 Å². The van der Waals surface area contributed by atoms with E-state index in [1.165, 1.54) is 10.5 Å². The summed E-state index contributed by atoms with van der Waals surface area (Å²) >= 11 is 0. The van der Waals surface area contributed by atoms with E-state index in [9.17, 15) is 9.59 Å². The van der Waals surface area contributed by atoms with Crippen LogP contribution in [0.25, 0.3) is 0 Å². The highest BCUT2D eigenvalue weighted by atomic mass is 16.7. The van der Waals surface area contributed by atoms with Gasteiger partial charge in [-0.05, 0) is 59.4 Å². The van der Waals surface area contributed by atoms with Crippen LogP contribution in [0.1, 0.15) is 51.3 Å². The number of imide groups is 1. The summed E-state index contributed by atoms with van der Waals surface area (Å²) in [7, 11) is 0. The number of carbonyl (C=O) groups is 2. The summed E-state index contributed by atoms with van der Waals surface area (Å²) in [6.07, 6.45) is 0.0164. The minimum absolute atomic E-state index is 0.00923. The second-order valence-electron chi connectivity index (χ2n) is 10.4. The van der Waals surface area contributed by atoms with Crippen molar-refractivity contribution in [2.45, 2.75) is 51.7 Å². The van der Waals surface area contributed by atoms with Crippen LogP contribution in [0.4, 0.5) is 11.4 Å². The number of benzene rings is 3. The van der Waals surface area contributed by atoms with Gasteiger partial charge < -0.3 is 4.74 Å². The first-order chi connectivity index (χ1) is 17.3. The van der Waals surface area contributed by atoms with Gasteiger partial charge in [0.1, 0.15) is 11.7 Å². The molecule has 0 unspecified atom stereocenters. The van der Waals surface area contributed by atoms with Crippen LogP contribution in [0.3, 0.4) is 0 Å². The third-order valence-corrected chi connectivity index (χ3v) is 6.81. The number of hydroxylamine groups is 1. The van der Waals surface area contributed by atoms with Crippen molar-refractivity contribution in [3.63, 3.8) is 0 Å². The molecule has 186 valence electrons. The normalized spacial score (nSPS) is 21.7. The zero-order valence-electron chi connectivity index (χ0n) is 21.2. The maximum absolute atomic E-state index is 13.8. The zero-order chi connectivity index (χ0) is 25.4. The largest absolute Gasteiger partial charge is 0.494 e. The average Bonchev–Trinajstić information content (AvgIpc) is 3.39. The summed E-state index contributed by atoms with van der Waals surface area (Å²) in [6, 6.07) is 24.6. The topological polar surface area (TPSA) is 59.1 Å². The van der Waals surface area contributed by atoms with E-state index in [-0.39, 0.29) is 17.2 Å². The predicted octanol–water partition coefficient (Wildman–Crippen LogP) is 5.82. The molecule has 0 aliphatic carbocycles. The van der Waals surface area contributed by atoms with E-state index in [1.807, 2.05) is 49.4 Å². The lowest BCUT2D eigenvalue weighted by Crippen LogP contribution is -2.37. The van der Waals surface area contributed by atoms with Gasteiger partial charge >= 0.3 is 0 Å². The van der Waals surface area contributed by atoms with Crippen LogP contribution in [0.5, 0.6) is 5.75 Å². The Morgan fingerprint density at radius 3 is 2.11 bits per heavy atom. The van der Waals surface area contributed by atoms with Crippen molar-refractivity contribution in [3.05, 3.63) is 90.0 Å². The van der Waals surface area contributed by atoms with Crippen LogP contribution in [0, 0.1) is 5.92 Å². The van der Waals surface area contributed by atoms with Crippen LogP contribution in [-0.4, -0.2) is 24.5 Å². The van der Waals surface area contributed by atoms with Crippen molar-refractivity contribution in [1.82, 2.24) is 0 Å². The SMILES string of the molecule is CCCOc1ccc(N2C(=O)[C@@H]3[C@H](ON(c4ccccc4)[C@H]3c3ccc(C(C)(C)C)cc3)C2=O)cc1. The van der Waals surface area contributed by atoms with Crippen molar-refractivity contribution in [3.8, 4) is 5.75 Å². The Bertz CT molecular complexity index is 1230. The Kier molecular flexibility index (Phi) is 6.31. The Morgan fingerprint density at radius 2 is 1.50 bits per heavy atom. The minimum atomic E-state index is -0.888. The van der Waals surface area contributed by atoms with Gasteiger partial charge in [0.25, 0.3) is 5.91 Å². The summed E-state index contributed by atoms with van der Waals surface area (Å²) in [5.74, 6) is -0.546. The van der Waals surface area contributed by atoms with Gasteiger partial charge in [-0.3, -0.25) is 14.4 Å². The van der Waals surface area contributed by atoms with Gasteiger partial charge in [0.2, 0.25) is 5.91 Å². The van der Waals surface area contributed by atoms with Crippen LogP contribution in [-0.2, 0) is 19.8 Å². The molecule has 2 aliphatic heterocycles. The highest BCUT2D eigenvalue weighted by Crippen LogP contribution is 2.47. The minimum Gasteiger partial charge on any atom is -0.494 e. The van der Waals surface area contributed by atoms with Crippen LogP contribution >= 0.6 is 0 Å². The quantitative estimate of drug-likeness (QED) is 0.413. The Hall–Kier alpha value is -3.64. The number of amides is 2. The Balaban J connectivity index is 1.50. The molecule has 0 aromatic heterocycles. The van der Waals surface area contributed by atoms with Crippen molar-refractivity contribution in [2.75, 3.05) is 16.6 Å². The fraction of sp³-hybridized carbons (Fsp3) is 0.333. The fourth-order valence-corrected chi connectivity index (χ4v) is 4.90. The number of carbonyl (C=O) groups excluding carboxylic acids is 2. The number of hydrogen-bond donors (Lipinski definition) is 0. The molecule has 6 heteroatoms. The van der Waals surface area contributed by atoms with E-state index in [2.05, 4.69) is 32.9 Å². The van der Waals surface area contributed by atoms with Gasteiger partial charge in [0.05, 0.1) is 24.0 Å². The van der Waals surface area contributed by atoms with E-state index in [0.717, 1.165) is 17.7 Å². The number of fused-ring (bicyclic) bond motifs is 1. The second-order valence-corrected chi connectivity index (χ2v) is 10.4. The van der Waals surface area contributed by atoms with Crippen LogP contribution < -0.4 is 14.7 Å². The van der Waals surface area contributed by atoms with E-state index in [4.69, 9.17) is 9.57 Å². The maximum Gasteiger partial charge on any atom is 0.266 e. The van der Waals surface area contributed by atoms with Gasteiger partial charge in [-0.25, -0.2) is 9.96 Å². The van der Waals surface area contributed by atoms with Gasteiger partial charge in [-0.1, -0.05) is 70.2 Å². The highest BCUT2D eigenvalue weighted by Gasteiger charge is 2.60. The van der Waals surface area contributed by atoms with Gasteiger partial charge in [0.15, 0.2) is 6.10 Å². The first-order valence-electron chi connectivity index (χ1n) is 12.5. The molecule has 0 N–H and O–H groups in total. The molecule has 0 spiro atoms. The first kappa shape index (κ1) is 24.1. The number of hydrogen-bond acceptors (Lipinski definition) is 5. The number of rotatable bonds is 6. The van der Waals surface area contributed by atoms with Crippen molar-refractivity contribution in [1.29, 1.82) is 0 Å². The van der Waals surface area contributed by atoms with E-state index in [1.54, 1.807) is 29.3 Å². The molecule has 3 atom stereocenters. The van der Waals surface area contributed by atoms with Gasteiger partial charge in [0, 0.05) is 0 Å². The molecule has 3 aromatic carbocycles. The molecule has 5 rings (SSSR count). The summed E-state index contributed by atoms with van der Waals surface area (Å²) in [5.41, 5.74) is 3.48. The fourth-order valence-electron chi connectivity index (χ4n) is 4.90. The van der Waals surface area contributed by atoms with E-state index in [0.29, 0.717) is 18.0 Å². The lowest BCUT2D eigenvalue weighted by atomic mass is 9.84. The molecular formula is C30H32N2O4. The molecule has 2 amide bonds. The summed E-state index contributed by atoms with van der Waals surface area (Å²) in [4.78, 5) is 34.8. The monoisotopic (exact) mass is 484 g/mol.